The Kier molecular flexibility index (Phi) is 5.02. The first-order valence-corrected chi connectivity index (χ1v) is 6.97. The topological polar surface area (TPSA) is 38.5 Å². The molecule has 0 fully saturated rings. The highest BCUT2D eigenvalue weighted by Crippen LogP contribution is 2.26. The molecule has 106 valence electrons. The normalized spacial score (nSPS) is 11.9. The third kappa shape index (κ3) is 3.31. The van der Waals surface area contributed by atoms with Crippen molar-refractivity contribution >= 4 is 5.69 Å². The number of hydrogen-bond acceptors (Lipinski definition) is 3. The molecule has 0 saturated carbocycles. The van der Waals surface area contributed by atoms with Gasteiger partial charge in [0, 0.05) is 19.3 Å². The Labute approximate surface area is 121 Å². The number of likely N-dealkylation sites (N-methyl/N-ethyl adjacent to an activating group) is 1. The predicted molar refractivity (Wildman–Crippen MR) is 84.3 cm³/mol. The van der Waals surface area contributed by atoms with Gasteiger partial charge in [0.05, 0.1) is 12.6 Å². The summed E-state index contributed by atoms with van der Waals surface area (Å²) >= 11 is 0. The summed E-state index contributed by atoms with van der Waals surface area (Å²) in [7, 11) is 2.07. The van der Waals surface area contributed by atoms with Crippen LogP contribution in [0.2, 0.25) is 0 Å². The molecule has 0 bridgehead atoms. The molecule has 0 saturated heterocycles. The number of benzene rings is 2. The Balaban J connectivity index is 2.19. The molecule has 20 heavy (non-hydrogen) atoms. The second-order valence-electron chi connectivity index (χ2n) is 4.70. The van der Waals surface area contributed by atoms with Crippen LogP contribution in [0.5, 0.6) is 5.75 Å². The van der Waals surface area contributed by atoms with E-state index in [4.69, 9.17) is 10.5 Å². The van der Waals surface area contributed by atoms with Crippen molar-refractivity contribution < 1.29 is 4.74 Å². The molecule has 0 aliphatic carbocycles. The molecular weight excluding hydrogens is 248 g/mol. The molecule has 0 aliphatic rings. The average Bonchev–Trinajstić information content (AvgIpc) is 2.51. The number of anilines is 1. The zero-order valence-corrected chi connectivity index (χ0v) is 12.1. The van der Waals surface area contributed by atoms with Crippen LogP contribution in [0, 0.1) is 0 Å². The van der Waals surface area contributed by atoms with E-state index in [2.05, 4.69) is 36.2 Å². The summed E-state index contributed by atoms with van der Waals surface area (Å²) in [6.07, 6.45) is 0. The SMILES string of the molecule is CCOc1ccc(C(CN)N(C)c2ccccc2)cc1. The first-order valence-electron chi connectivity index (χ1n) is 6.97. The molecular formula is C17H22N2O. The second-order valence-corrected chi connectivity index (χ2v) is 4.70. The van der Waals surface area contributed by atoms with Crippen molar-refractivity contribution in [1.82, 2.24) is 0 Å². The monoisotopic (exact) mass is 270 g/mol. The Morgan fingerprint density at radius 1 is 1.05 bits per heavy atom. The lowest BCUT2D eigenvalue weighted by Crippen LogP contribution is -2.30. The molecule has 0 amide bonds. The fourth-order valence-electron chi connectivity index (χ4n) is 2.31. The van der Waals surface area contributed by atoms with Gasteiger partial charge in [-0.25, -0.2) is 0 Å². The molecule has 3 heteroatoms. The molecule has 1 atom stereocenters. The first-order chi connectivity index (χ1) is 9.76. The minimum Gasteiger partial charge on any atom is -0.494 e. The van der Waals surface area contributed by atoms with E-state index in [-0.39, 0.29) is 6.04 Å². The van der Waals surface area contributed by atoms with Crippen LogP contribution in [0.25, 0.3) is 0 Å². The lowest BCUT2D eigenvalue weighted by Gasteiger charge is -2.29. The highest BCUT2D eigenvalue weighted by atomic mass is 16.5. The van der Waals surface area contributed by atoms with Crippen LogP contribution in [0.4, 0.5) is 5.69 Å². The number of nitrogens with two attached hydrogens (primary N) is 1. The van der Waals surface area contributed by atoms with Gasteiger partial charge in [0.15, 0.2) is 0 Å². The first kappa shape index (κ1) is 14.4. The van der Waals surface area contributed by atoms with E-state index in [0.717, 1.165) is 11.4 Å². The molecule has 0 heterocycles. The van der Waals surface area contributed by atoms with Crippen LogP contribution >= 0.6 is 0 Å². The largest absolute Gasteiger partial charge is 0.494 e. The van der Waals surface area contributed by atoms with Crippen LogP contribution in [-0.2, 0) is 0 Å². The maximum atomic E-state index is 5.97. The van der Waals surface area contributed by atoms with Gasteiger partial charge in [0.1, 0.15) is 5.75 Å². The highest BCUT2D eigenvalue weighted by Gasteiger charge is 2.15. The van der Waals surface area contributed by atoms with Crippen molar-refractivity contribution in [2.45, 2.75) is 13.0 Å². The van der Waals surface area contributed by atoms with Gasteiger partial charge >= 0.3 is 0 Å². The Morgan fingerprint density at radius 2 is 1.70 bits per heavy atom. The Morgan fingerprint density at radius 3 is 2.25 bits per heavy atom. The van der Waals surface area contributed by atoms with Crippen molar-refractivity contribution in [2.24, 2.45) is 5.73 Å². The number of ether oxygens (including phenoxy) is 1. The molecule has 2 rings (SSSR count). The lowest BCUT2D eigenvalue weighted by atomic mass is 10.0. The smallest absolute Gasteiger partial charge is 0.119 e. The molecule has 1 unspecified atom stereocenters. The summed E-state index contributed by atoms with van der Waals surface area (Å²) in [5.74, 6) is 0.898. The molecule has 0 aliphatic heterocycles. The van der Waals surface area contributed by atoms with Gasteiger partial charge in [-0.2, -0.15) is 0 Å². The van der Waals surface area contributed by atoms with Crippen molar-refractivity contribution in [2.75, 3.05) is 25.1 Å². The maximum absolute atomic E-state index is 5.97. The van der Waals surface area contributed by atoms with Crippen molar-refractivity contribution in [3.63, 3.8) is 0 Å². The zero-order chi connectivity index (χ0) is 14.4. The van der Waals surface area contributed by atoms with Crippen LogP contribution < -0.4 is 15.4 Å². The molecule has 2 aromatic rings. The molecule has 2 aromatic carbocycles. The average molecular weight is 270 g/mol. The minimum atomic E-state index is 0.160. The van der Waals surface area contributed by atoms with Gasteiger partial charge in [0.2, 0.25) is 0 Å². The van der Waals surface area contributed by atoms with Gasteiger partial charge in [0.25, 0.3) is 0 Å². The van der Waals surface area contributed by atoms with Crippen molar-refractivity contribution in [3.05, 3.63) is 60.2 Å². The number of rotatable bonds is 6. The quantitative estimate of drug-likeness (QED) is 0.876. The van der Waals surface area contributed by atoms with Gasteiger partial charge in [-0.05, 0) is 36.8 Å². The lowest BCUT2D eigenvalue weighted by molar-refractivity contribution is 0.340. The minimum absolute atomic E-state index is 0.160. The summed E-state index contributed by atoms with van der Waals surface area (Å²) in [6, 6.07) is 18.6. The predicted octanol–water partition coefficient (Wildman–Crippen LogP) is 3.22. The fourth-order valence-corrected chi connectivity index (χ4v) is 2.31. The Hall–Kier alpha value is -2.00. The van der Waals surface area contributed by atoms with Crippen LogP contribution in [0.15, 0.2) is 54.6 Å². The number of para-hydroxylation sites is 1. The molecule has 3 nitrogen and oxygen atoms in total. The molecule has 2 N–H and O–H groups in total. The third-order valence-electron chi connectivity index (χ3n) is 3.43. The summed E-state index contributed by atoms with van der Waals surface area (Å²) in [5.41, 5.74) is 8.33. The van der Waals surface area contributed by atoms with E-state index in [1.54, 1.807) is 0 Å². The summed E-state index contributed by atoms with van der Waals surface area (Å²) < 4.78 is 5.47. The molecule has 0 aromatic heterocycles. The van der Waals surface area contributed by atoms with E-state index in [1.165, 1.54) is 5.56 Å². The third-order valence-corrected chi connectivity index (χ3v) is 3.43. The Bertz CT molecular complexity index is 510. The molecule has 0 spiro atoms. The second kappa shape index (κ2) is 6.96. The van der Waals surface area contributed by atoms with E-state index in [0.29, 0.717) is 13.2 Å². The van der Waals surface area contributed by atoms with E-state index in [9.17, 15) is 0 Å². The van der Waals surface area contributed by atoms with Gasteiger partial charge < -0.3 is 15.4 Å². The van der Waals surface area contributed by atoms with Gasteiger partial charge in [-0.3, -0.25) is 0 Å². The number of nitrogens with zero attached hydrogens (tertiary/aromatic N) is 1. The van der Waals surface area contributed by atoms with Crippen molar-refractivity contribution in [1.29, 1.82) is 0 Å². The maximum Gasteiger partial charge on any atom is 0.119 e. The zero-order valence-electron chi connectivity index (χ0n) is 12.1. The summed E-state index contributed by atoms with van der Waals surface area (Å²) in [4.78, 5) is 2.20. The fraction of sp³-hybridized carbons (Fsp3) is 0.294. The van der Waals surface area contributed by atoms with Crippen LogP contribution in [-0.4, -0.2) is 20.2 Å². The molecule has 0 radical (unpaired) electrons. The summed E-state index contributed by atoms with van der Waals surface area (Å²) in [6.45, 7) is 3.24. The standard InChI is InChI=1S/C17H22N2O/c1-3-20-16-11-9-14(10-12-16)17(13-18)19(2)15-7-5-4-6-8-15/h4-12,17H,3,13,18H2,1-2H3. The van der Waals surface area contributed by atoms with Gasteiger partial charge in [-0.15, -0.1) is 0 Å². The van der Waals surface area contributed by atoms with Crippen LogP contribution in [0.1, 0.15) is 18.5 Å². The van der Waals surface area contributed by atoms with E-state index >= 15 is 0 Å². The number of hydrogen-bond donors (Lipinski definition) is 1. The van der Waals surface area contributed by atoms with E-state index in [1.807, 2.05) is 37.3 Å². The van der Waals surface area contributed by atoms with Crippen molar-refractivity contribution in [3.8, 4) is 5.75 Å². The van der Waals surface area contributed by atoms with Gasteiger partial charge in [-0.1, -0.05) is 30.3 Å². The van der Waals surface area contributed by atoms with Crippen LogP contribution in [0.3, 0.4) is 0 Å². The summed E-state index contributed by atoms with van der Waals surface area (Å²) in [5, 5.41) is 0. The van der Waals surface area contributed by atoms with E-state index < -0.39 is 0 Å². The highest BCUT2D eigenvalue weighted by molar-refractivity contribution is 5.48.